The zero-order valence-corrected chi connectivity index (χ0v) is 10.1. The van der Waals surface area contributed by atoms with Gasteiger partial charge in [0.15, 0.2) is 0 Å². The Balaban J connectivity index is 2.14. The predicted octanol–water partition coefficient (Wildman–Crippen LogP) is 0.443. The number of amides is 1. The summed E-state index contributed by atoms with van der Waals surface area (Å²) < 4.78 is 5.25. The first-order chi connectivity index (χ1) is 8.58. The van der Waals surface area contributed by atoms with Crippen molar-refractivity contribution in [2.75, 3.05) is 6.54 Å². The second-order valence-electron chi connectivity index (χ2n) is 4.46. The van der Waals surface area contributed by atoms with Crippen molar-refractivity contribution in [3.05, 3.63) is 24.2 Å². The van der Waals surface area contributed by atoms with Gasteiger partial charge in [0, 0.05) is 12.6 Å². The fraction of sp³-hybridized carbons (Fsp3) is 0.500. The molecule has 0 bridgehead atoms. The van der Waals surface area contributed by atoms with E-state index in [0.29, 0.717) is 13.1 Å². The predicted molar refractivity (Wildman–Crippen MR) is 62.8 cm³/mol. The quantitative estimate of drug-likeness (QED) is 0.812. The zero-order valence-electron chi connectivity index (χ0n) is 10.1. The molecule has 1 fully saturated rings. The lowest BCUT2D eigenvalue weighted by atomic mass is 10.0. The van der Waals surface area contributed by atoms with E-state index in [1.807, 2.05) is 17.9 Å². The van der Waals surface area contributed by atoms with Crippen molar-refractivity contribution >= 4 is 11.9 Å². The van der Waals surface area contributed by atoms with Crippen LogP contribution in [0.15, 0.2) is 22.8 Å². The van der Waals surface area contributed by atoms with Gasteiger partial charge in [0.1, 0.15) is 11.8 Å². The van der Waals surface area contributed by atoms with Crippen LogP contribution in [-0.2, 0) is 16.1 Å². The molecule has 0 radical (unpaired) electrons. The third-order valence-electron chi connectivity index (χ3n) is 3.13. The molecule has 98 valence electrons. The molecule has 6 heteroatoms. The Morgan fingerprint density at radius 3 is 3.06 bits per heavy atom. The van der Waals surface area contributed by atoms with Crippen LogP contribution in [0.25, 0.3) is 0 Å². The van der Waals surface area contributed by atoms with Crippen LogP contribution in [0, 0.1) is 0 Å². The van der Waals surface area contributed by atoms with E-state index in [1.54, 1.807) is 12.3 Å². The number of nitrogens with zero attached hydrogens (tertiary/aromatic N) is 1. The van der Waals surface area contributed by atoms with Crippen LogP contribution >= 0.6 is 0 Å². The molecule has 2 N–H and O–H groups in total. The smallest absolute Gasteiger partial charge is 0.305 e. The minimum Gasteiger partial charge on any atom is -0.481 e. The number of hydrogen-bond acceptors (Lipinski definition) is 4. The van der Waals surface area contributed by atoms with E-state index in [1.165, 1.54) is 0 Å². The van der Waals surface area contributed by atoms with Crippen LogP contribution in [-0.4, -0.2) is 40.5 Å². The highest BCUT2D eigenvalue weighted by Gasteiger charge is 2.35. The van der Waals surface area contributed by atoms with Gasteiger partial charge in [-0.3, -0.25) is 14.5 Å². The summed E-state index contributed by atoms with van der Waals surface area (Å²) in [4.78, 5) is 24.5. The standard InChI is InChI=1S/C12H16N2O4/c1-8-6-13-12(17)10(5-11(15)16)14(8)7-9-3-2-4-18-9/h2-4,8,10H,5-7H2,1H3,(H,13,17)(H,15,16). The maximum Gasteiger partial charge on any atom is 0.305 e. The fourth-order valence-corrected chi connectivity index (χ4v) is 2.17. The van der Waals surface area contributed by atoms with Crippen molar-refractivity contribution in [2.24, 2.45) is 0 Å². The first kappa shape index (κ1) is 12.6. The van der Waals surface area contributed by atoms with Crippen molar-refractivity contribution in [3.63, 3.8) is 0 Å². The Bertz CT molecular complexity index is 429. The lowest BCUT2D eigenvalue weighted by Crippen LogP contribution is -2.59. The molecule has 0 saturated carbocycles. The molecule has 6 nitrogen and oxygen atoms in total. The molecule has 1 aliphatic heterocycles. The van der Waals surface area contributed by atoms with Gasteiger partial charge in [0.2, 0.25) is 5.91 Å². The lowest BCUT2D eigenvalue weighted by molar-refractivity contribution is -0.144. The van der Waals surface area contributed by atoms with Crippen LogP contribution < -0.4 is 5.32 Å². The van der Waals surface area contributed by atoms with E-state index in [0.717, 1.165) is 5.76 Å². The number of carbonyl (C=O) groups is 2. The summed E-state index contributed by atoms with van der Waals surface area (Å²) in [5.41, 5.74) is 0. The van der Waals surface area contributed by atoms with Crippen LogP contribution in [0.4, 0.5) is 0 Å². The van der Waals surface area contributed by atoms with Crippen LogP contribution in [0.2, 0.25) is 0 Å². The molecule has 1 aliphatic rings. The molecule has 1 aromatic heterocycles. The molecule has 1 saturated heterocycles. The second kappa shape index (κ2) is 5.22. The van der Waals surface area contributed by atoms with Gasteiger partial charge in [-0.05, 0) is 19.1 Å². The highest BCUT2D eigenvalue weighted by atomic mass is 16.4. The summed E-state index contributed by atoms with van der Waals surface area (Å²) in [6.07, 6.45) is 1.37. The lowest BCUT2D eigenvalue weighted by Gasteiger charge is -2.38. The highest BCUT2D eigenvalue weighted by Crippen LogP contribution is 2.18. The summed E-state index contributed by atoms with van der Waals surface area (Å²) >= 11 is 0. The number of carbonyl (C=O) groups excluding carboxylic acids is 1. The molecular weight excluding hydrogens is 236 g/mol. The third-order valence-corrected chi connectivity index (χ3v) is 3.13. The molecular formula is C12H16N2O4. The summed E-state index contributed by atoms with van der Waals surface area (Å²) in [5, 5.41) is 11.6. The molecule has 2 atom stereocenters. The van der Waals surface area contributed by atoms with Gasteiger partial charge >= 0.3 is 5.97 Å². The minimum absolute atomic E-state index is 0.0807. The molecule has 2 rings (SSSR count). The van der Waals surface area contributed by atoms with E-state index in [4.69, 9.17) is 9.52 Å². The number of piperazine rings is 1. The Morgan fingerprint density at radius 2 is 2.44 bits per heavy atom. The Morgan fingerprint density at radius 1 is 1.67 bits per heavy atom. The summed E-state index contributed by atoms with van der Waals surface area (Å²) in [5.74, 6) is -0.484. The number of nitrogens with one attached hydrogen (secondary N) is 1. The SMILES string of the molecule is CC1CNC(=O)C(CC(=O)O)N1Cc1ccco1. The average molecular weight is 252 g/mol. The zero-order chi connectivity index (χ0) is 13.1. The third kappa shape index (κ3) is 2.70. The van der Waals surface area contributed by atoms with Gasteiger partial charge in [-0.2, -0.15) is 0 Å². The molecule has 0 aliphatic carbocycles. The van der Waals surface area contributed by atoms with Gasteiger partial charge in [0.05, 0.1) is 19.2 Å². The minimum atomic E-state index is -0.978. The largest absolute Gasteiger partial charge is 0.481 e. The van der Waals surface area contributed by atoms with Gasteiger partial charge in [-0.15, -0.1) is 0 Å². The molecule has 1 amide bonds. The topological polar surface area (TPSA) is 82.8 Å². The average Bonchev–Trinajstić information content (AvgIpc) is 2.80. The molecule has 2 heterocycles. The molecule has 0 spiro atoms. The van der Waals surface area contributed by atoms with Crippen molar-refractivity contribution in [1.82, 2.24) is 10.2 Å². The number of carboxylic acids is 1. The molecule has 18 heavy (non-hydrogen) atoms. The van der Waals surface area contributed by atoms with E-state index < -0.39 is 12.0 Å². The number of carboxylic acid groups (broad SMARTS) is 1. The number of furan rings is 1. The van der Waals surface area contributed by atoms with Crippen molar-refractivity contribution in [1.29, 1.82) is 0 Å². The first-order valence-electron chi connectivity index (χ1n) is 5.85. The number of aliphatic carboxylic acids is 1. The van der Waals surface area contributed by atoms with E-state index >= 15 is 0 Å². The maximum atomic E-state index is 11.8. The van der Waals surface area contributed by atoms with Crippen LogP contribution in [0.1, 0.15) is 19.1 Å². The van der Waals surface area contributed by atoms with Crippen LogP contribution in [0.5, 0.6) is 0 Å². The Labute approximate surface area is 105 Å². The Kier molecular flexibility index (Phi) is 3.66. The Hall–Kier alpha value is -1.82. The summed E-state index contributed by atoms with van der Waals surface area (Å²) in [6.45, 7) is 2.92. The van der Waals surface area contributed by atoms with Gasteiger partial charge in [-0.25, -0.2) is 0 Å². The summed E-state index contributed by atoms with van der Waals surface area (Å²) in [6, 6.07) is 3.03. The van der Waals surface area contributed by atoms with Crippen molar-refractivity contribution in [3.8, 4) is 0 Å². The van der Waals surface area contributed by atoms with Gasteiger partial charge < -0.3 is 14.8 Å². The highest BCUT2D eigenvalue weighted by molar-refractivity contribution is 5.86. The normalized spacial score (nSPS) is 24.8. The first-order valence-corrected chi connectivity index (χ1v) is 5.85. The van der Waals surface area contributed by atoms with Crippen molar-refractivity contribution < 1.29 is 19.1 Å². The van der Waals surface area contributed by atoms with E-state index in [9.17, 15) is 9.59 Å². The van der Waals surface area contributed by atoms with E-state index in [2.05, 4.69) is 5.32 Å². The summed E-state index contributed by atoms with van der Waals surface area (Å²) in [7, 11) is 0. The second-order valence-corrected chi connectivity index (χ2v) is 4.46. The molecule has 1 aromatic rings. The number of rotatable bonds is 4. The molecule has 0 aromatic carbocycles. The number of hydrogen-bond donors (Lipinski definition) is 2. The fourth-order valence-electron chi connectivity index (χ4n) is 2.17. The van der Waals surface area contributed by atoms with Gasteiger partial charge in [-0.1, -0.05) is 0 Å². The monoisotopic (exact) mass is 252 g/mol. The maximum absolute atomic E-state index is 11.8. The van der Waals surface area contributed by atoms with Gasteiger partial charge in [0.25, 0.3) is 0 Å². The van der Waals surface area contributed by atoms with Crippen molar-refractivity contribution in [2.45, 2.75) is 32.0 Å². The van der Waals surface area contributed by atoms with Crippen LogP contribution in [0.3, 0.4) is 0 Å². The molecule has 2 unspecified atom stereocenters. The van der Waals surface area contributed by atoms with E-state index in [-0.39, 0.29) is 18.4 Å².